The zero-order valence-corrected chi connectivity index (χ0v) is 11.0. The third kappa shape index (κ3) is 1.60. The van der Waals surface area contributed by atoms with Gasteiger partial charge in [0.15, 0.2) is 5.65 Å². The molecule has 2 aromatic rings. The van der Waals surface area contributed by atoms with Crippen molar-refractivity contribution >= 4 is 44.8 Å². The second kappa shape index (κ2) is 3.92. The monoisotopic (exact) mass is 298 g/mol. The molecule has 1 atom stereocenters. The van der Waals surface area contributed by atoms with Crippen LogP contribution < -0.4 is 5.73 Å². The van der Waals surface area contributed by atoms with Gasteiger partial charge in [0.1, 0.15) is 5.52 Å². The van der Waals surface area contributed by atoms with Gasteiger partial charge < -0.3 is 5.73 Å². The average Bonchev–Trinajstić information content (AvgIpc) is 2.83. The first-order valence-electron chi connectivity index (χ1n) is 5.12. The molecule has 3 rings (SSSR count). The zero-order valence-electron chi connectivity index (χ0n) is 8.56. The number of thioether (sulfide) groups is 1. The highest BCUT2D eigenvalue weighted by atomic mass is 79.9. The standard InChI is InChI=1S/C10H11BrN4S/c11-6-3-8-9(13-4-6)15(10(12)14-8)7-1-2-16-5-7/h3-4,7H,1-2,5H2,(H2,12,14). The summed E-state index contributed by atoms with van der Waals surface area (Å²) in [6, 6.07) is 2.40. The Morgan fingerprint density at radius 2 is 2.44 bits per heavy atom. The number of anilines is 1. The number of hydrogen-bond acceptors (Lipinski definition) is 4. The maximum atomic E-state index is 5.97. The number of nitrogens with zero attached hydrogens (tertiary/aromatic N) is 3. The Bertz CT molecular complexity index is 533. The van der Waals surface area contributed by atoms with E-state index in [2.05, 4.69) is 30.5 Å². The lowest BCUT2D eigenvalue weighted by molar-refractivity contribution is 0.579. The Balaban J connectivity index is 2.18. The predicted octanol–water partition coefficient (Wildman–Crippen LogP) is 2.45. The molecular weight excluding hydrogens is 288 g/mol. The van der Waals surface area contributed by atoms with Gasteiger partial charge in [0, 0.05) is 22.5 Å². The molecule has 1 aliphatic rings. The molecule has 0 saturated carbocycles. The van der Waals surface area contributed by atoms with Crippen molar-refractivity contribution in [2.24, 2.45) is 0 Å². The summed E-state index contributed by atoms with van der Waals surface area (Å²) in [6.07, 6.45) is 2.94. The van der Waals surface area contributed by atoms with E-state index in [1.807, 2.05) is 17.8 Å². The molecule has 0 spiro atoms. The second-order valence-electron chi connectivity index (χ2n) is 3.85. The van der Waals surface area contributed by atoms with Crippen LogP contribution in [-0.4, -0.2) is 26.0 Å². The fourth-order valence-corrected chi connectivity index (χ4v) is 3.57. The molecule has 16 heavy (non-hydrogen) atoms. The molecular formula is C10H11BrN4S. The third-order valence-electron chi connectivity index (χ3n) is 2.79. The van der Waals surface area contributed by atoms with E-state index in [9.17, 15) is 0 Å². The number of fused-ring (bicyclic) bond motifs is 1. The van der Waals surface area contributed by atoms with Gasteiger partial charge in [-0.05, 0) is 34.2 Å². The summed E-state index contributed by atoms with van der Waals surface area (Å²) in [4.78, 5) is 8.77. The lowest BCUT2D eigenvalue weighted by Crippen LogP contribution is -2.11. The van der Waals surface area contributed by atoms with Crippen LogP contribution in [0.5, 0.6) is 0 Å². The Morgan fingerprint density at radius 3 is 3.19 bits per heavy atom. The number of nitrogen functional groups attached to an aromatic ring is 1. The van der Waals surface area contributed by atoms with E-state index in [0.717, 1.165) is 27.8 Å². The Labute approximate surface area is 106 Å². The van der Waals surface area contributed by atoms with Gasteiger partial charge in [-0.15, -0.1) is 0 Å². The molecule has 2 N–H and O–H groups in total. The van der Waals surface area contributed by atoms with Gasteiger partial charge in [0.25, 0.3) is 0 Å². The Morgan fingerprint density at radius 1 is 1.56 bits per heavy atom. The van der Waals surface area contributed by atoms with Crippen molar-refractivity contribution in [2.45, 2.75) is 12.5 Å². The van der Waals surface area contributed by atoms with E-state index in [1.54, 1.807) is 6.20 Å². The lowest BCUT2D eigenvalue weighted by atomic mass is 10.2. The van der Waals surface area contributed by atoms with Crippen molar-refractivity contribution in [3.05, 3.63) is 16.7 Å². The lowest BCUT2D eigenvalue weighted by Gasteiger charge is -2.12. The van der Waals surface area contributed by atoms with Crippen molar-refractivity contribution in [1.82, 2.24) is 14.5 Å². The highest BCUT2D eigenvalue weighted by Crippen LogP contribution is 2.32. The fraction of sp³-hybridized carbons (Fsp3) is 0.400. The summed E-state index contributed by atoms with van der Waals surface area (Å²) >= 11 is 5.35. The first-order chi connectivity index (χ1) is 7.75. The zero-order chi connectivity index (χ0) is 11.1. The first-order valence-corrected chi connectivity index (χ1v) is 7.07. The molecule has 4 nitrogen and oxygen atoms in total. The van der Waals surface area contributed by atoms with Gasteiger partial charge in [0.2, 0.25) is 5.95 Å². The van der Waals surface area contributed by atoms with Gasteiger partial charge >= 0.3 is 0 Å². The molecule has 0 aromatic carbocycles. The van der Waals surface area contributed by atoms with E-state index < -0.39 is 0 Å². The van der Waals surface area contributed by atoms with Gasteiger partial charge in [-0.2, -0.15) is 11.8 Å². The number of rotatable bonds is 1. The third-order valence-corrected chi connectivity index (χ3v) is 4.37. The molecule has 0 radical (unpaired) electrons. The van der Waals surface area contributed by atoms with Crippen molar-refractivity contribution in [3.8, 4) is 0 Å². The van der Waals surface area contributed by atoms with Crippen LogP contribution in [0.25, 0.3) is 11.2 Å². The summed E-state index contributed by atoms with van der Waals surface area (Å²) < 4.78 is 3.01. The second-order valence-corrected chi connectivity index (χ2v) is 5.92. The van der Waals surface area contributed by atoms with Crippen LogP contribution in [-0.2, 0) is 0 Å². The van der Waals surface area contributed by atoms with E-state index in [4.69, 9.17) is 5.73 Å². The average molecular weight is 299 g/mol. The van der Waals surface area contributed by atoms with Crippen molar-refractivity contribution in [3.63, 3.8) is 0 Å². The Hall–Kier alpha value is -0.750. The molecule has 1 fully saturated rings. The van der Waals surface area contributed by atoms with Gasteiger partial charge in [-0.1, -0.05) is 0 Å². The summed E-state index contributed by atoms with van der Waals surface area (Å²) in [7, 11) is 0. The van der Waals surface area contributed by atoms with Gasteiger partial charge in [-0.25, -0.2) is 9.97 Å². The molecule has 0 amide bonds. The van der Waals surface area contributed by atoms with E-state index >= 15 is 0 Å². The van der Waals surface area contributed by atoms with Crippen molar-refractivity contribution < 1.29 is 0 Å². The molecule has 1 saturated heterocycles. The van der Waals surface area contributed by atoms with E-state index in [1.165, 1.54) is 5.75 Å². The fourth-order valence-electron chi connectivity index (χ4n) is 2.06. The van der Waals surface area contributed by atoms with E-state index in [0.29, 0.717) is 12.0 Å². The number of hydrogen-bond donors (Lipinski definition) is 1. The Kier molecular flexibility index (Phi) is 2.55. The SMILES string of the molecule is Nc1nc2cc(Br)cnc2n1C1CCSC1. The van der Waals surface area contributed by atoms with Crippen LogP contribution in [0, 0.1) is 0 Å². The molecule has 3 heterocycles. The maximum absolute atomic E-state index is 5.97. The maximum Gasteiger partial charge on any atom is 0.202 e. The van der Waals surface area contributed by atoms with Crippen molar-refractivity contribution in [1.29, 1.82) is 0 Å². The van der Waals surface area contributed by atoms with Crippen LogP contribution in [0.4, 0.5) is 5.95 Å². The summed E-state index contributed by atoms with van der Waals surface area (Å²) in [5, 5.41) is 0. The van der Waals surface area contributed by atoms with Crippen LogP contribution in [0.2, 0.25) is 0 Å². The first kappa shape index (κ1) is 10.4. The largest absolute Gasteiger partial charge is 0.369 e. The summed E-state index contributed by atoms with van der Waals surface area (Å²) in [5.74, 6) is 2.88. The number of imidazole rings is 1. The molecule has 0 aliphatic carbocycles. The van der Waals surface area contributed by atoms with Gasteiger partial charge in [0.05, 0.1) is 0 Å². The molecule has 1 unspecified atom stereocenters. The summed E-state index contributed by atoms with van der Waals surface area (Å²) in [5.41, 5.74) is 7.73. The topological polar surface area (TPSA) is 56.7 Å². The van der Waals surface area contributed by atoms with Crippen LogP contribution in [0.3, 0.4) is 0 Å². The number of pyridine rings is 1. The molecule has 1 aliphatic heterocycles. The van der Waals surface area contributed by atoms with E-state index in [-0.39, 0.29) is 0 Å². The smallest absolute Gasteiger partial charge is 0.202 e. The highest BCUT2D eigenvalue weighted by molar-refractivity contribution is 9.10. The summed E-state index contributed by atoms with van der Waals surface area (Å²) in [6.45, 7) is 0. The van der Waals surface area contributed by atoms with Crippen LogP contribution in [0.1, 0.15) is 12.5 Å². The number of aromatic nitrogens is 3. The molecule has 84 valence electrons. The minimum absolute atomic E-state index is 0.448. The quantitative estimate of drug-likeness (QED) is 0.879. The minimum Gasteiger partial charge on any atom is -0.369 e. The highest BCUT2D eigenvalue weighted by Gasteiger charge is 2.22. The molecule has 2 aromatic heterocycles. The van der Waals surface area contributed by atoms with Crippen LogP contribution >= 0.6 is 27.7 Å². The predicted molar refractivity (Wildman–Crippen MR) is 70.6 cm³/mol. The molecule has 6 heteroatoms. The van der Waals surface area contributed by atoms with Crippen LogP contribution in [0.15, 0.2) is 16.7 Å². The minimum atomic E-state index is 0.448. The normalized spacial score (nSPS) is 20.7. The molecule has 0 bridgehead atoms. The van der Waals surface area contributed by atoms with Crippen molar-refractivity contribution in [2.75, 3.05) is 17.2 Å². The van der Waals surface area contributed by atoms with Gasteiger partial charge in [-0.3, -0.25) is 4.57 Å². The number of halogens is 1. The number of nitrogens with two attached hydrogens (primary N) is 1.